The number of hydrogen-bond acceptors (Lipinski definition) is 3. The standard InChI is InChI=1S/C4H8.CH5O3P/c1-3-4-2;1-4-5(2)3/h3-4H,1-2H3;2-3H,1H3/b4-3+;. The third-order valence-corrected chi connectivity index (χ3v) is 0.823. The van der Waals surface area contributed by atoms with Crippen molar-refractivity contribution in [3.63, 3.8) is 0 Å². The highest BCUT2D eigenvalue weighted by molar-refractivity contribution is 7.39. The van der Waals surface area contributed by atoms with Gasteiger partial charge in [-0.3, -0.25) is 0 Å². The predicted octanol–water partition coefficient (Wildman–Crippen LogP) is 1.43. The third kappa shape index (κ3) is 31.7. The fourth-order valence-corrected chi connectivity index (χ4v) is 0. The Labute approximate surface area is 57.0 Å². The number of rotatable bonds is 1. The van der Waals surface area contributed by atoms with Crippen LogP contribution in [0.3, 0.4) is 0 Å². The van der Waals surface area contributed by atoms with E-state index in [9.17, 15) is 0 Å². The van der Waals surface area contributed by atoms with E-state index in [0.717, 1.165) is 0 Å². The zero-order valence-corrected chi connectivity index (χ0v) is 6.80. The number of hydrogen-bond donors (Lipinski definition) is 2. The van der Waals surface area contributed by atoms with Gasteiger partial charge in [0.25, 0.3) is 0 Å². The monoisotopic (exact) mass is 152 g/mol. The second-order valence-corrected chi connectivity index (χ2v) is 1.97. The molecule has 0 aromatic carbocycles. The lowest BCUT2D eigenvalue weighted by Crippen LogP contribution is -1.67. The molecule has 0 heterocycles. The lowest BCUT2D eigenvalue weighted by molar-refractivity contribution is 0.310. The van der Waals surface area contributed by atoms with Crippen LogP contribution >= 0.6 is 8.60 Å². The van der Waals surface area contributed by atoms with Crippen LogP contribution in [0.2, 0.25) is 0 Å². The van der Waals surface area contributed by atoms with Crippen LogP contribution in [-0.2, 0) is 4.52 Å². The van der Waals surface area contributed by atoms with Gasteiger partial charge in [0.2, 0.25) is 0 Å². The normalized spacial score (nSPS) is 9.56. The topological polar surface area (TPSA) is 49.7 Å². The number of allylic oxidation sites excluding steroid dienone is 2. The Hall–Kier alpha value is 0.0500. The van der Waals surface area contributed by atoms with E-state index in [4.69, 9.17) is 9.79 Å². The van der Waals surface area contributed by atoms with Crippen molar-refractivity contribution in [1.29, 1.82) is 0 Å². The Morgan fingerprint density at radius 2 is 1.44 bits per heavy atom. The first-order valence-electron chi connectivity index (χ1n) is 2.48. The average Bonchev–Trinajstić information content (AvgIpc) is 1.89. The SMILES string of the molecule is C/C=C/C.COP(O)O. The van der Waals surface area contributed by atoms with Crippen molar-refractivity contribution in [3.8, 4) is 0 Å². The maximum Gasteiger partial charge on any atom is 0.326 e. The molecule has 0 saturated heterocycles. The van der Waals surface area contributed by atoms with E-state index >= 15 is 0 Å². The zero-order valence-electron chi connectivity index (χ0n) is 5.90. The molecule has 0 radical (unpaired) electrons. The summed E-state index contributed by atoms with van der Waals surface area (Å²) in [5.41, 5.74) is 0. The molecular formula is C5H13O3P. The van der Waals surface area contributed by atoms with Crippen LogP contribution in [0.15, 0.2) is 12.2 Å². The third-order valence-electron chi connectivity index (χ3n) is 0.497. The van der Waals surface area contributed by atoms with E-state index in [0.29, 0.717) is 0 Å². The van der Waals surface area contributed by atoms with Crippen LogP contribution < -0.4 is 0 Å². The minimum absolute atomic E-state index is 1.23. The van der Waals surface area contributed by atoms with Crippen molar-refractivity contribution < 1.29 is 14.3 Å². The van der Waals surface area contributed by atoms with Crippen molar-refractivity contribution in [2.24, 2.45) is 0 Å². The molecule has 0 amide bonds. The lowest BCUT2D eigenvalue weighted by atomic mass is 10.6. The first-order chi connectivity index (χ1) is 4.18. The van der Waals surface area contributed by atoms with Gasteiger partial charge in [-0.1, -0.05) is 12.2 Å². The summed E-state index contributed by atoms with van der Waals surface area (Å²) in [7, 11) is -0.870. The Bertz CT molecular complexity index is 59.2. The molecule has 3 nitrogen and oxygen atoms in total. The van der Waals surface area contributed by atoms with Gasteiger partial charge in [0, 0.05) is 7.11 Å². The Kier molecular flexibility index (Phi) is 14.3. The van der Waals surface area contributed by atoms with Gasteiger partial charge in [0.05, 0.1) is 0 Å². The second kappa shape index (κ2) is 10.9. The van der Waals surface area contributed by atoms with Gasteiger partial charge < -0.3 is 14.3 Å². The highest BCUT2D eigenvalue weighted by Crippen LogP contribution is 2.20. The zero-order chi connectivity index (χ0) is 7.70. The first-order valence-corrected chi connectivity index (χ1v) is 3.64. The summed E-state index contributed by atoms with van der Waals surface area (Å²) in [6.45, 7) is 4.00. The first kappa shape index (κ1) is 11.8. The molecule has 0 aromatic rings. The average molecular weight is 152 g/mol. The summed E-state index contributed by atoms with van der Waals surface area (Å²) >= 11 is 0. The fourth-order valence-electron chi connectivity index (χ4n) is 0. The van der Waals surface area contributed by atoms with Gasteiger partial charge in [-0.05, 0) is 13.8 Å². The smallest absolute Gasteiger partial charge is 0.326 e. The quantitative estimate of drug-likeness (QED) is 0.441. The molecular weight excluding hydrogens is 139 g/mol. The largest absolute Gasteiger partial charge is 0.328 e. The summed E-state index contributed by atoms with van der Waals surface area (Å²) in [6.07, 6.45) is 4.00. The summed E-state index contributed by atoms with van der Waals surface area (Å²) in [6, 6.07) is 0. The van der Waals surface area contributed by atoms with Gasteiger partial charge in [-0.15, -0.1) is 0 Å². The van der Waals surface area contributed by atoms with Gasteiger partial charge in [-0.25, -0.2) is 0 Å². The molecule has 0 aliphatic carbocycles. The molecule has 56 valence electrons. The van der Waals surface area contributed by atoms with E-state index in [-0.39, 0.29) is 0 Å². The summed E-state index contributed by atoms with van der Waals surface area (Å²) < 4.78 is 3.93. The minimum Gasteiger partial charge on any atom is -0.328 e. The second-order valence-electron chi connectivity index (χ2n) is 1.10. The minimum atomic E-state index is -2.10. The maximum atomic E-state index is 7.76. The van der Waals surface area contributed by atoms with Crippen LogP contribution in [-0.4, -0.2) is 16.9 Å². The maximum absolute atomic E-state index is 7.76. The highest BCUT2D eigenvalue weighted by atomic mass is 31.2. The van der Waals surface area contributed by atoms with Crippen LogP contribution in [0, 0.1) is 0 Å². The Morgan fingerprint density at radius 3 is 1.44 bits per heavy atom. The van der Waals surface area contributed by atoms with E-state index in [1.807, 2.05) is 26.0 Å². The molecule has 0 atom stereocenters. The molecule has 0 rings (SSSR count). The van der Waals surface area contributed by atoms with Crippen molar-refractivity contribution in [2.45, 2.75) is 13.8 Å². The van der Waals surface area contributed by atoms with Gasteiger partial charge in [-0.2, -0.15) is 0 Å². The molecule has 0 saturated carbocycles. The molecule has 0 spiro atoms. The van der Waals surface area contributed by atoms with Crippen molar-refractivity contribution in [1.82, 2.24) is 0 Å². The van der Waals surface area contributed by atoms with E-state index in [1.165, 1.54) is 7.11 Å². The van der Waals surface area contributed by atoms with Crippen LogP contribution in [0.1, 0.15) is 13.8 Å². The fraction of sp³-hybridized carbons (Fsp3) is 0.600. The van der Waals surface area contributed by atoms with Gasteiger partial charge >= 0.3 is 8.60 Å². The Balaban J connectivity index is 0. The van der Waals surface area contributed by atoms with Crippen LogP contribution in [0.25, 0.3) is 0 Å². The van der Waals surface area contributed by atoms with Crippen LogP contribution in [0.4, 0.5) is 0 Å². The van der Waals surface area contributed by atoms with Crippen LogP contribution in [0.5, 0.6) is 0 Å². The molecule has 0 aromatic heterocycles. The van der Waals surface area contributed by atoms with Gasteiger partial charge in [0.1, 0.15) is 0 Å². The predicted molar refractivity (Wildman–Crippen MR) is 38.9 cm³/mol. The molecule has 0 aliphatic rings. The van der Waals surface area contributed by atoms with Gasteiger partial charge in [0.15, 0.2) is 0 Å². The van der Waals surface area contributed by atoms with E-state index < -0.39 is 8.60 Å². The molecule has 0 aliphatic heterocycles. The molecule has 9 heavy (non-hydrogen) atoms. The van der Waals surface area contributed by atoms with E-state index in [1.54, 1.807) is 0 Å². The summed E-state index contributed by atoms with van der Waals surface area (Å²) in [4.78, 5) is 15.5. The summed E-state index contributed by atoms with van der Waals surface area (Å²) in [5.74, 6) is 0. The molecule has 0 bridgehead atoms. The molecule has 0 fully saturated rings. The highest BCUT2D eigenvalue weighted by Gasteiger charge is 1.86. The van der Waals surface area contributed by atoms with Crippen molar-refractivity contribution >= 4 is 8.60 Å². The molecule has 0 unspecified atom stereocenters. The molecule has 2 N–H and O–H groups in total. The molecule has 4 heteroatoms. The van der Waals surface area contributed by atoms with Crippen molar-refractivity contribution in [2.75, 3.05) is 7.11 Å². The van der Waals surface area contributed by atoms with E-state index in [2.05, 4.69) is 4.52 Å². The lowest BCUT2D eigenvalue weighted by Gasteiger charge is -1.89. The Morgan fingerprint density at radius 1 is 1.22 bits per heavy atom. The van der Waals surface area contributed by atoms with Crippen molar-refractivity contribution in [3.05, 3.63) is 12.2 Å². The summed E-state index contributed by atoms with van der Waals surface area (Å²) in [5, 5.41) is 0.